The van der Waals surface area contributed by atoms with E-state index in [1.807, 2.05) is 0 Å². The van der Waals surface area contributed by atoms with Crippen LogP contribution < -0.4 is 10.6 Å². The zero-order chi connectivity index (χ0) is 18.2. The van der Waals surface area contributed by atoms with Crippen LogP contribution in [0, 0.1) is 11.3 Å². The highest BCUT2D eigenvalue weighted by molar-refractivity contribution is 8.14. The van der Waals surface area contributed by atoms with E-state index in [9.17, 15) is 14.4 Å². The van der Waals surface area contributed by atoms with Crippen molar-refractivity contribution in [2.24, 2.45) is 0 Å². The van der Waals surface area contributed by atoms with Crippen LogP contribution in [0.25, 0.3) is 0 Å². The van der Waals surface area contributed by atoms with E-state index in [2.05, 4.69) is 10.6 Å². The summed E-state index contributed by atoms with van der Waals surface area (Å²) in [5, 5.41) is 14.7. The number of amides is 3. The van der Waals surface area contributed by atoms with Crippen molar-refractivity contribution in [3.05, 3.63) is 46.6 Å². The lowest BCUT2D eigenvalue weighted by Gasteiger charge is -2.12. The van der Waals surface area contributed by atoms with Gasteiger partial charge in [-0.05, 0) is 11.6 Å². The molecule has 7 nitrogen and oxygen atoms in total. The van der Waals surface area contributed by atoms with Crippen molar-refractivity contribution >= 4 is 40.4 Å². The monoisotopic (exact) mass is 378 g/mol. The highest BCUT2D eigenvalue weighted by Crippen LogP contribution is 2.17. The maximum atomic E-state index is 12.0. The number of nitrogens with one attached hydrogen (secondary N) is 2. The Balaban J connectivity index is 1.82. The van der Waals surface area contributed by atoms with E-state index in [0.29, 0.717) is 5.02 Å². The lowest BCUT2D eigenvalue weighted by molar-refractivity contribution is -0.124. The van der Waals surface area contributed by atoms with E-state index < -0.39 is 5.91 Å². The fraction of sp³-hybridized carbons (Fsp3) is 0.250. The first-order valence-electron chi connectivity index (χ1n) is 7.35. The minimum absolute atomic E-state index is 0.111. The Labute approximate surface area is 154 Å². The van der Waals surface area contributed by atoms with Crippen molar-refractivity contribution in [2.75, 3.05) is 18.8 Å². The minimum atomic E-state index is -0.543. The Morgan fingerprint density at radius 3 is 2.80 bits per heavy atom. The maximum absolute atomic E-state index is 12.0. The van der Waals surface area contributed by atoms with Crippen molar-refractivity contribution in [2.45, 2.75) is 6.54 Å². The van der Waals surface area contributed by atoms with Crippen LogP contribution in [0.5, 0.6) is 0 Å². The second-order valence-electron chi connectivity index (χ2n) is 5.00. The molecule has 1 aromatic carbocycles. The molecule has 0 bridgehead atoms. The second kappa shape index (κ2) is 9.11. The molecule has 9 heteroatoms. The van der Waals surface area contributed by atoms with Crippen molar-refractivity contribution in [3.8, 4) is 6.07 Å². The second-order valence-corrected chi connectivity index (χ2v) is 6.33. The summed E-state index contributed by atoms with van der Waals surface area (Å²) in [6.45, 7) is 0.633. The maximum Gasteiger partial charge on any atom is 0.288 e. The molecule has 1 aliphatic rings. The van der Waals surface area contributed by atoms with Gasteiger partial charge in [0.1, 0.15) is 11.6 Å². The Morgan fingerprint density at radius 1 is 1.40 bits per heavy atom. The molecular weight excluding hydrogens is 364 g/mol. The van der Waals surface area contributed by atoms with Gasteiger partial charge in [0.25, 0.3) is 11.1 Å². The number of hydrogen-bond acceptors (Lipinski definition) is 6. The molecule has 25 heavy (non-hydrogen) atoms. The van der Waals surface area contributed by atoms with Crippen LogP contribution in [0.2, 0.25) is 5.02 Å². The largest absolute Gasteiger partial charge is 0.388 e. The number of nitriles is 1. The van der Waals surface area contributed by atoms with Crippen molar-refractivity contribution in [1.82, 2.24) is 15.5 Å². The van der Waals surface area contributed by atoms with Crippen molar-refractivity contribution in [1.29, 1.82) is 5.26 Å². The third-order valence-electron chi connectivity index (χ3n) is 3.33. The van der Waals surface area contributed by atoms with Gasteiger partial charge in [-0.3, -0.25) is 19.3 Å². The van der Waals surface area contributed by atoms with Gasteiger partial charge in [0.2, 0.25) is 5.91 Å². The van der Waals surface area contributed by atoms with Gasteiger partial charge >= 0.3 is 0 Å². The topological polar surface area (TPSA) is 102 Å². The summed E-state index contributed by atoms with van der Waals surface area (Å²) >= 11 is 6.96. The average Bonchev–Trinajstić information content (AvgIpc) is 2.92. The zero-order valence-electron chi connectivity index (χ0n) is 13.1. The Morgan fingerprint density at radius 2 is 2.16 bits per heavy atom. The molecule has 1 aliphatic heterocycles. The van der Waals surface area contributed by atoms with Crippen LogP contribution in [-0.4, -0.2) is 40.8 Å². The standard InChI is InChI=1S/C16H15ClN4O3S/c17-13-4-2-1-3-11(13)9-20-15(23)12(7-18)8-19-5-6-21-14(22)10-25-16(21)24/h1-4,8,19H,5-6,9-10H2,(H,20,23)/b12-8-. The molecule has 0 radical (unpaired) electrons. The van der Waals surface area contributed by atoms with Gasteiger partial charge in [-0.1, -0.05) is 41.6 Å². The summed E-state index contributed by atoms with van der Waals surface area (Å²) in [6.07, 6.45) is 1.26. The number of nitrogens with zero attached hydrogens (tertiary/aromatic N) is 2. The number of thioether (sulfide) groups is 1. The zero-order valence-corrected chi connectivity index (χ0v) is 14.7. The molecule has 0 aromatic heterocycles. The van der Waals surface area contributed by atoms with Crippen molar-refractivity contribution < 1.29 is 14.4 Å². The Bertz CT molecular complexity index is 744. The summed E-state index contributed by atoms with van der Waals surface area (Å²) in [6, 6.07) is 8.88. The number of rotatable bonds is 7. The molecular formula is C16H15ClN4O3S. The highest BCUT2D eigenvalue weighted by Gasteiger charge is 2.28. The lowest BCUT2D eigenvalue weighted by Crippen LogP contribution is -2.34. The van der Waals surface area contributed by atoms with Gasteiger partial charge in [-0.2, -0.15) is 5.26 Å². The summed E-state index contributed by atoms with van der Waals surface area (Å²) in [7, 11) is 0. The van der Waals surface area contributed by atoms with Crippen LogP contribution in [-0.2, 0) is 16.1 Å². The summed E-state index contributed by atoms with van der Waals surface area (Å²) < 4.78 is 0. The molecule has 3 amide bonds. The van der Waals surface area contributed by atoms with Gasteiger partial charge in [0.05, 0.1) is 5.75 Å². The molecule has 2 N–H and O–H groups in total. The van der Waals surface area contributed by atoms with Gasteiger partial charge in [-0.25, -0.2) is 0 Å². The quantitative estimate of drug-likeness (QED) is 0.425. The number of hydrogen-bond donors (Lipinski definition) is 2. The van der Waals surface area contributed by atoms with Crippen LogP contribution >= 0.6 is 23.4 Å². The fourth-order valence-electron chi connectivity index (χ4n) is 2.01. The molecule has 130 valence electrons. The minimum Gasteiger partial charge on any atom is -0.388 e. The Hall–Kier alpha value is -2.50. The molecule has 1 aromatic rings. The molecule has 1 saturated heterocycles. The smallest absolute Gasteiger partial charge is 0.288 e. The predicted octanol–water partition coefficient (Wildman–Crippen LogP) is 1.65. The van der Waals surface area contributed by atoms with E-state index in [-0.39, 0.29) is 42.1 Å². The predicted molar refractivity (Wildman–Crippen MR) is 94.6 cm³/mol. The number of halogens is 1. The molecule has 0 atom stereocenters. The van der Waals surface area contributed by atoms with E-state index >= 15 is 0 Å². The highest BCUT2D eigenvalue weighted by atomic mass is 35.5. The number of benzene rings is 1. The molecule has 0 unspecified atom stereocenters. The lowest BCUT2D eigenvalue weighted by atomic mass is 10.2. The summed E-state index contributed by atoms with van der Waals surface area (Å²) in [5.41, 5.74) is 0.631. The summed E-state index contributed by atoms with van der Waals surface area (Å²) in [4.78, 5) is 36.0. The number of carbonyl (C=O) groups excluding carboxylic acids is 3. The fourth-order valence-corrected chi connectivity index (χ4v) is 2.96. The van der Waals surface area contributed by atoms with Crippen LogP contribution in [0.15, 0.2) is 36.0 Å². The molecule has 0 aliphatic carbocycles. The first kappa shape index (κ1) is 18.8. The van der Waals surface area contributed by atoms with Crippen molar-refractivity contribution in [3.63, 3.8) is 0 Å². The molecule has 2 rings (SSSR count). The van der Waals surface area contributed by atoms with Gasteiger partial charge in [-0.15, -0.1) is 0 Å². The first-order valence-corrected chi connectivity index (χ1v) is 8.71. The average molecular weight is 379 g/mol. The normalized spacial score (nSPS) is 14.4. The SMILES string of the molecule is N#C/C(=C/NCCN1C(=O)CSC1=O)C(=O)NCc1ccccc1Cl. The van der Waals surface area contributed by atoms with Gasteiger partial charge in [0.15, 0.2) is 0 Å². The van der Waals surface area contributed by atoms with Gasteiger partial charge in [0, 0.05) is 30.9 Å². The summed E-state index contributed by atoms with van der Waals surface area (Å²) in [5.74, 6) is -0.625. The van der Waals surface area contributed by atoms with Crippen LogP contribution in [0.1, 0.15) is 5.56 Å². The molecule has 0 saturated carbocycles. The molecule has 1 heterocycles. The Kier molecular flexibility index (Phi) is 6.86. The molecule has 1 fully saturated rings. The molecule has 0 spiro atoms. The van der Waals surface area contributed by atoms with Crippen LogP contribution in [0.3, 0.4) is 0 Å². The van der Waals surface area contributed by atoms with E-state index in [1.54, 1.807) is 30.3 Å². The third-order valence-corrected chi connectivity index (χ3v) is 4.56. The first-order chi connectivity index (χ1) is 12.0. The van der Waals surface area contributed by atoms with Gasteiger partial charge < -0.3 is 10.6 Å². The number of carbonyl (C=O) groups is 3. The third kappa shape index (κ3) is 5.24. The number of imide groups is 1. The van der Waals surface area contributed by atoms with E-state index in [1.165, 1.54) is 6.20 Å². The van der Waals surface area contributed by atoms with E-state index in [0.717, 1.165) is 22.2 Å². The van der Waals surface area contributed by atoms with E-state index in [4.69, 9.17) is 16.9 Å². The van der Waals surface area contributed by atoms with Crippen LogP contribution in [0.4, 0.5) is 4.79 Å².